The van der Waals surface area contributed by atoms with Crippen LogP contribution in [-0.4, -0.2) is 47.7 Å². The quantitative estimate of drug-likeness (QED) is 0.303. The molecule has 2 N–H and O–H groups in total. The average Bonchev–Trinajstić information content (AvgIpc) is 2.16. The number of aliphatic carboxylic acids is 2. The van der Waals surface area contributed by atoms with Gasteiger partial charge in [0.1, 0.15) is 11.9 Å². The van der Waals surface area contributed by atoms with Gasteiger partial charge < -0.3 is 30.0 Å². The number of hydrogen-bond donors (Lipinski definition) is 2. The molecular formula is C6H6Ag2F6O6. The van der Waals surface area contributed by atoms with Gasteiger partial charge in [-0.15, -0.1) is 0 Å². The molecular weight excluding hydrogens is 498 g/mol. The fourth-order valence-electron chi connectivity index (χ4n) is 0. The van der Waals surface area contributed by atoms with Crippen LogP contribution >= 0.6 is 0 Å². The molecule has 0 fully saturated rings. The van der Waals surface area contributed by atoms with Crippen LogP contribution in [0.2, 0.25) is 0 Å². The van der Waals surface area contributed by atoms with Crippen molar-refractivity contribution in [3.8, 4) is 0 Å². The molecule has 130 valence electrons. The van der Waals surface area contributed by atoms with Gasteiger partial charge in [0.15, 0.2) is 0 Å². The van der Waals surface area contributed by atoms with Gasteiger partial charge in [0, 0.05) is 0 Å². The summed E-state index contributed by atoms with van der Waals surface area (Å²) in [7, 11) is 0. The van der Waals surface area contributed by atoms with E-state index < -0.39 is 24.3 Å². The normalized spacial score (nSPS) is 9.40. The molecule has 0 aromatic carbocycles. The Morgan fingerprint density at radius 3 is 0.850 bits per heavy atom. The van der Waals surface area contributed by atoms with Crippen molar-refractivity contribution in [3.63, 3.8) is 0 Å². The van der Waals surface area contributed by atoms with Crippen LogP contribution in [0.25, 0.3) is 0 Å². The van der Waals surface area contributed by atoms with Crippen LogP contribution in [0.15, 0.2) is 0 Å². The van der Waals surface area contributed by atoms with Crippen molar-refractivity contribution in [2.24, 2.45) is 0 Å². The smallest absolute Gasteiger partial charge is 0.542 e. The van der Waals surface area contributed by atoms with Crippen LogP contribution in [0, 0.1) is 0 Å². The van der Waals surface area contributed by atoms with Crippen LogP contribution in [0.3, 0.4) is 0 Å². The van der Waals surface area contributed by atoms with E-state index >= 15 is 0 Å². The summed E-state index contributed by atoms with van der Waals surface area (Å²) in [6, 6.07) is 0. The van der Waals surface area contributed by atoms with Gasteiger partial charge in [-0.3, -0.25) is 0 Å². The maximum absolute atomic E-state index is 10.5. The fourth-order valence-corrected chi connectivity index (χ4v) is 0. The Labute approximate surface area is 138 Å². The number of aliphatic hydroxyl groups excluding tert-OH is 2. The minimum atomic E-state index is -5.19. The van der Waals surface area contributed by atoms with E-state index in [1.54, 1.807) is 0 Å². The molecule has 0 aliphatic rings. The zero-order chi connectivity index (χ0) is 15.6. The van der Waals surface area contributed by atoms with E-state index in [1.807, 2.05) is 0 Å². The zero-order valence-corrected chi connectivity index (χ0v) is 11.8. The summed E-state index contributed by atoms with van der Waals surface area (Å²) in [5.74, 6) is -6.01. The molecule has 0 rings (SSSR count). The predicted molar refractivity (Wildman–Crippen MR) is 36.3 cm³/mol. The number of hydrogen-bond acceptors (Lipinski definition) is 6. The van der Waals surface area contributed by atoms with Crippen LogP contribution in [0.4, 0.5) is 26.3 Å². The summed E-state index contributed by atoms with van der Waals surface area (Å²) < 4.78 is 63.1. The molecule has 14 heteroatoms. The fraction of sp³-hybridized carbons (Fsp3) is 0.667. The summed E-state index contributed by atoms with van der Waals surface area (Å²) in [6.07, 6.45) is -10.4. The van der Waals surface area contributed by atoms with Crippen molar-refractivity contribution in [3.05, 3.63) is 0 Å². The second-order valence-electron chi connectivity index (χ2n) is 2.02. The number of rotatable bonds is 1. The average molecular weight is 504 g/mol. The van der Waals surface area contributed by atoms with Gasteiger partial charge in [0.05, 0.1) is 13.2 Å². The molecule has 0 aliphatic carbocycles. The summed E-state index contributed by atoms with van der Waals surface area (Å²) in [6.45, 7) is -0.250. The van der Waals surface area contributed by atoms with Crippen LogP contribution in [0.5, 0.6) is 0 Å². The van der Waals surface area contributed by atoms with E-state index in [4.69, 9.17) is 30.0 Å². The van der Waals surface area contributed by atoms with Gasteiger partial charge in [-0.05, 0) is 0 Å². The van der Waals surface area contributed by atoms with E-state index in [9.17, 15) is 26.3 Å². The predicted octanol–water partition coefficient (Wildman–Crippen LogP) is -2.44. The third-order valence-electron chi connectivity index (χ3n) is 0.563. The Hall–Kier alpha value is -0.0795. The Morgan fingerprint density at radius 1 is 0.750 bits per heavy atom. The third kappa shape index (κ3) is 30.7. The molecule has 0 bridgehead atoms. The van der Waals surface area contributed by atoms with E-state index in [-0.39, 0.29) is 58.0 Å². The molecule has 0 unspecified atom stereocenters. The molecule has 0 aliphatic heterocycles. The monoisotopic (exact) mass is 502 g/mol. The zero-order valence-electron chi connectivity index (χ0n) is 8.81. The minimum absolute atomic E-state index is 0. The van der Waals surface area contributed by atoms with Crippen LogP contribution in [-0.2, 0) is 54.3 Å². The van der Waals surface area contributed by atoms with Crippen molar-refractivity contribution in [2.45, 2.75) is 12.4 Å². The first-order chi connectivity index (χ1) is 7.80. The molecule has 0 aromatic rings. The van der Waals surface area contributed by atoms with E-state index in [0.29, 0.717) is 0 Å². The minimum Gasteiger partial charge on any atom is -0.542 e. The van der Waals surface area contributed by atoms with Crippen molar-refractivity contribution in [2.75, 3.05) is 13.2 Å². The first kappa shape index (κ1) is 32.0. The topological polar surface area (TPSA) is 121 Å². The second-order valence-corrected chi connectivity index (χ2v) is 2.02. The third-order valence-corrected chi connectivity index (χ3v) is 0.563. The van der Waals surface area contributed by atoms with Gasteiger partial charge in [-0.2, -0.15) is 26.3 Å². The van der Waals surface area contributed by atoms with Crippen molar-refractivity contribution >= 4 is 11.9 Å². The molecule has 0 atom stereocenters. The van der Waals surface area contributed by atoms with Crippen molar-refractivity contribution < 1.29 is 101 Å². The Bertz CT molecular complexity index is 229. The van der Waals surface area contributed by atoms with Gasteiger partial charge in [0.25, 0.3) is 0 Å². The molecule has 0 aromatic heterocycles. The molecule has 0 amide bonds. The van der Waals surface area contributed by atoms with Gasteiger partial charge in [-0.1, -0.05) is 0 Å². The number of alkyl halides is 6. The van der Waals surface area contributed by atoms with Crippen LogP contribution in [0.1, 0.15) is 0 Å². The maximum atomic E-state index is 10.5. The molecule has 0 spiro atoms. The Balaban J connectivity index is -0.0000000555. The first-order valence-electron chi connectivity index (χ1n) is 3.58. The number of carboxylic acid groups (broad SMARTS) is 2. The molecule has 0 saturated carbocycles. The van der Waals surface area contributed by atoms with Crippen molar-refractivity contribution in [1.29, 1.82) is 0 Å². The van der Waals surface area contributed by atoms with Gasteiger partial charge in [-0.25, -0.2) is 0 Å². The summed E-state index contributed by atoms with van der Waals surface area (Å²) >= 11 is 0. The van der Waals surface area contributed by atoms with Crippen LogP contribution < -0.4 is 10.2 Å². The summed E-state index contributed by atoms with van der Waals surface area (Å²) in [5.41, 5.74) is 0. The number of carbonyl (C=O) groups excluding carboxylic acids is 2. The van der Waals surface area contributed by atoms with Gasteiger partial charge in [0.2, 0.25) is 0 Å². The number of carboxylic acids is 2. The first-order valence-corrected chi connectivity index (χ1v) is 3.58. The Kier molecular flexibility index (Phi) is 24.5. The van der Waals surface area contributed by atoms with E-state index in [1.165, 1.54) is 0 Å². The van der Waals surface area contributed by atoms with E-state index in [2.05, 4.69) is 0 Å². The maximum Gasteiger partial charge on any atom is 1.00 e. The van der Waals surface area contributed by atoms with E-state index in [0.717, 1.165) is 0 Å². The van der Waals surface area contributed by atoms with Gasteiger partial charge >= 0.3 is 57.1 Å². The number of carbonyl (C=O) groups is 2. The summed E-state index contributed by atoms with van der Waals surface area (Å²) in [5, 5.41) is 32.8. The largest absolute Gasteiger partial charge is 1.00 e. The Morgan fingerprint density at radius 2 is 0.850 bits per heavy atom. The molecule has 0 saturated heterocycles. The molecule has 0 radical (unpaired) electrons. The summed E-state index contributed by atoms with van der Waals surface area (Å²) in [4.78, 5) is 17.6. The number of halogens is 6. The molecule has 20 heavy (non-hydrogen) atoms. The number of aliphatic hydroxyl groups is 2. The molecule has 6 nitrogen and oxygen atoms in total. The molecule has 0 heterocycles. The second kappa shape index (κ2) is 15.3. The SMILES string of the molecule is O=C([O-])C(F)(F)F.O=C([O-])C(F)(F)F.OCCO.[Ag+].[Ag+]. The standard InChI is InChI=1S/2C2HF3O2.C2H6O2.2Ag/c2*3-2(4,5)1(6)7;3-1-2-4;;/h2*(H,6,7);3-4H,1-2H2;;/q;;;2*+1/p-2. The van der Waals surface area contributed by atoms with Crippen molar-refractivity contribution in [1.82, 2.24) is 0 Å².